The molecule has 1 aliphatic carbocycles. The summed E-state index contributed by atoms with van der Waals surface area (Å²) < 4.78 is 4.82. The molecule has 1 fully saturated rings. The van der Waals surface area contributed by atoms with E-state index in [1.165, 1.54) is 6.20 Å². The van der Waals surface area contributed by atoms with Gasteiger partial charge in [0.1, 0.15) is 5.65 Å². The summed E-state index contributed by atoms with van der Waals surface area (Å²) in [6.45, 7) is 0.573. The van der Waals surface area contributed by atoms with Crippen LogP contribution < -0.4 is 15.8 Å². The zero-order valence-electron chi connectivity index (χ0n) is 11.4. The first-order chi connectivity index (χ1) is 10.1. The third kappa shape index (κ3) is 3.13. The molecule has 2 aromatic rings. The zero-order chi connectivity index (χ0) is 14.8. The quantitative estimate of drug-likeness (QED) is 0.764. The third-order valence-electron chi connectivity index (χ3n) is 3.45. The molecule has 7 heteroatoms. The van der Waals surface area contributed by atoms with Crippen molar-refractivity contribution in [2.75, 3.05) is 6.54 Å². The van der Waals surface area contributed by atoms with Crippen LogP contribution in [0.3, 0.4) is 0 Å². The largest absolute Gasteiger partial charge is 0.410 e. The topological polar surface area (TPSA) is 110 Å². The Kier molecular flexibility index (Phi) is 3.47. The Morgan fingerprint density at radius 2 is 2.29 bits per heavy atom. The van der Waals surface area contributed by atoms with Gasteiger partial charge in [-0.1, -0.05) is 0 Å². The summed E-state index contributed by atoms with van der Waals surface area (Å²) in [5.74, 6) is 0.647. The van der Waals surface area contributed by atoms with Crippen molar-refractivity contribution in [2.24, 2.45) is 11.7 Å². The van der Waals surface area contributed by atoms with Crippen molar-refractivity contribution in [3.8, 4) is 5.75 Å². The highest BCUT2D eigenvalue weighted by molar-refractivity contribution is 5.82. The first-order valence-corrected chi connectivity index (χ1v) is 6.84. The van der Waals surface area contributed by atoms with Gasteiger partial charge in [-0.25, -0.2) is 9.78 Å². The van der Waals surface area contributed by atoms with E-state index >= 15 is 0 Å². The molecule has 0 radical (unpaired) electrons. The van der Waals surface area contributed by atoms with Crippen LogP contribution in [0.2, 0.25) is 0 Å². The molecule has 3 rings (SSSR count). The van der Waals surface area contributed by atoms with Gasteiger partial charge in [0.15, 0.2) is 5.75 Å². The minimum atomic E-state index is -0.870. The summed E-state index contributed by atoms with van der Waals surface area (Å²) in [7, 11) is 0. The lowest BCUT2D eigenvalue weighted by molar-refractivity contribution is -0.122. The number of H-pyrrole nitrogens is 1. The molecule has 4 N–H and O–H groups in total. The Labute approximate surface area is 120 Å². The standard InChI is InChI=1S/C14H16N4O3/c15-14(20)21-10-5-11-9(6-17-12(11)18-7-10)3-4-16-13(19)8-1-2-8/h5-8H,1-4H2,(H2,15,20)(H,16,19)(H,17,18). The van der Waals surface area contributed by atoms with Gasteiger partial charge >= 0.3 is 6.09 Å². The molecule has 0 aliphatic heterocycles. The molecule has 2 heterocycles. The SMILES string of the molecule is NC(=O)Oc1cnc2[nH]cc(CCNC(=O)C3CC3)c2c1. The number of nitrogens with zero attached hydrogens (tertiary/aromatic N) is 1. The predicted octanol–water partition coefficient (Wildman–Crippen LogP) is 1.09. The highest BCUT2D eigenvalue weighted by atomic mass is 16.5. The van der Waals surface area contributed by atoms with Crippen LogP contribution in [0.15, 0.2) is 18.5 Å². The molecule has 0 unspecified atom stereocenters. The summed E-state index contributed by atoms with van der Waals surface area (Å²) in [6.07, 6.45) is 5.08. The summed E-state index contributed by atoms with van der Waals surface area (Å²) in [5, 5.41) is 3.77. The van der Waals surface area contributed by atoms with Crippen molar-refractivity contribution in [3.05, 3.63) is 24.0 Å². The maximum atomic E-state index is 11.6. The van der Waals surface area contributed by atoms with Crippen molar-refractivity contribution in [1.82, 2.24) is 15.3 Å². The molecule has 1 aliphatic rings. The summed E-state index contributed by atoms with van der Waals surface area (Å²) >= 11 is 0. The molecule has 110 valence electrons. The Morgan fingerprint density at radius 3 is 3.00 bits per heavy atom. The molecular formula is C14H16N4O3. The van der Waals surface area contributed by atoms with Crippen molar-refractivity contribution in [3.63, 3.8) is 0 Å². The van der Waals surface area contributed by atoms with Gasteiger partial charge in [-0.2, -0.15) is 0 Å². The molecule has 1 saturated carbocycles. The molecule has 0 atom stereocenters. The van der Waals surface area contributed by atoms with E-state index in [0.29, 0.717) is 24.4 Å². The fourth-order valence-corrected chi connectivity index (χ4v) is 2.23. The van der Waals surface area contributed by atoms with Gasteiger partial charge in [0.2, 0.25) is 5.91 Å². The number of rotatable bonds is 5. The maximum Gasteiger partial charge on any atom is 0.410 e. The molecule has 2 amide bonds. The zero-order valence-corrected chi connectivity index (χ0v) is 11.4. The minimum Gasteiger partial charge on any atom is -0.409 e. The molecule has 0 aromatic carbocycles. The summed E-state index contributed by atoms with van der Waals surface area (Å²) in [5.41, 5.74) is 6.69. The molecule has 0 saturated heterocycles. The average molecular weight is 288 g/mol. The molecule has 7 nitrogen and oxygen atoms in total. The second-order valence-electron chi connectivity index (χ2n) is 5.12. The second-order valence-corrected chi connectivity index (χ2v) is 5.12. The molecule has 2 aromatic heterocycles. The number of aromatic nitrogens is 2. The van der Waals surface area contributed by atoms with Crippen molar-refractivity contribution in [1.29, 1.82) is 0 Å². The highest BCUT2D eigenvalue weighted by Gasteiger charge is 2.29. The number of carbonyl (C=O) groups excluding carboxylic acids is 2. The lowest BCUT2D eigenvalue weighted by atomic mass is 10.1. The number of hydrogen-bond donors (Lipinski definition) is 3. The molecule has 0 spiro atoms. The number of ether oxygens (including phenoxy) is 1. The van der Waals surface area contributed by atoms with Crippen LogP contribution in [0.5, 0.6) is 5.75 Å². The third-order valence-corrected chi connectivity index (χ3v) is 3.45. The Balaban J connectivity index is 1.68. The van der Waals surface area contributed by atoms with Crippen LogP contribution in [0.4, 0.5) is 4.79 Å². The Morgan fingerprint density at radius 1 is 1.48 bits per heavy atom. The fraction of sp³-hybridized carbons (Fsp3) is 0.357. The van der Waals surface area contributed by atoms with Crippen molar-refractivity contribution < 1.29 is 14.3 Å². The number of aromatic amines is 1. The number of nitrogens with two attached hydrogens (primary N) is 1. The van der Waals surface area contributed by atoms with Gasteiger partial charge in [-0.3, -0.25) is 4.79 Å². The van der Waals surface area contributed by atoms with E-state index in [1.807, 2.05) is 6.20 Å². The van der Waals surface area contributed by atoms with E-state index in [2.05, 4.69) is 15.3 Å². The van der Waals surface area contributed by atoms with E-state index in [4.69, 9.17) is 10.5 Å². The predicted molar refractivity (Wildman–Crippen MR) is 75.7 cm³/mol. The van der Waals surface area contributed by atoms with Gasteiger partial charge in [0.25, 0.3) is 0 Å². The van der Waals surface area contributed by atoms with Crippen LogP contribution >= 0.6 is 0 Å². The number of amides is 2. The van der Waals surface area contributed by atoms with Crippen molar-refractivity contribution in [2.45, 2.75) is 19.3 Å². The van der Waals surface area contributed by atoms with Gasteiger partial charge < -0.3 is 20.8 Å². The van der Waals surface area contributed by atoms with Gasteiger partial charge in [0.05, 0.1) is 6.20 Å². The van der Waals surface area contributed by atoms with E-state index in [-0.39, 0.29) is 11.8 Å². The number of primary amides is 1. The average Bonchev–Trinajstić information content (AvgIpc) is 3.21. The molecular weight excluding hydrogens is 272 g/mol. The summed E-state index contributed by atoms with van der Waals surface area (Å²) in [6, 6.07) is 1.71. The fourth-order valence-electron chi connectivity index (χ4n) is 2.23. The Bertz CT molecular complexity index is 691. The monoisotopic (exact) mass is 288 g/mol. The van der Waals surface area contributed by atoms with Crippen LogP contribution in [0.25, 0.3) is 11.0 Å². The smallest absolute Gasteiger partial charge is 0.409 e. The number of pyridine rings is 1. The van der Waals surface area contributed by atoms with Crippen LogP contribution in [-0.4, -0.2) is 28.5 Å². The number of fused-ring (bicyclic) bond motifs is 1. The second kappa shape index (κ2) is 5.43. The molecule has 21 heavy (non-hydrogen) atoms. The lowest BCUT2D eigenvalue weighted by Gasteiger charge is -2.04. The first-order valence-electron chi connectivity index (χ1n) is 6.84. The van der Waals surface area contributed by atoms with Gasteiger partial charge in [0, 0.05) is 24.0 Å². The first kappa shape index (κ1) is 13.4. The van der Waals surface area contributed by atoms with Crippen LogP contribution in [-0.2, 0) is 11.2 Å². The maximum absolute atomic E-state index is 11.6. The highest BCUT2D eigenvalue weighted by Crippen LogP contribution is 2.28. The van der Waals surface area contributed by atoms with Crippen molar-refractivity contribution >= 4 is 23.0 Å². The summed E-state index contributed by atoms with van der Waals surface area (Å²) in [4.78, 5) is 29.5. The molecule has 0 bridgehead atoms. The van der Waals surface area contributed by atoms with E-state index in [1.54, 1.807) is 6.07 Å². The van der Waals surface area contributed by atoms with E-state index in [9.17, 15) is 9.59 Å². The van der Waals surface area contributed by atoms with E-state index in [0.717, 1.165) is 23.8 Å². The lowest BCUT2D eigenvalue weighted by Crippen LogP contribution is -2.26. The minimum absolute atomic E-state index is 0.130. The Hall–Kier alpha value is -2.57. The van der Waals surface area contributed by atoms with E-state index < -0.39 is 6.09 Å². The van der Waals surface area contributed by atoms with Crippen LogP contribution in [0.1, 0.15) is 18.4 Å². The van der Waals surface area contributed by atoms with Gasteiger partial charge in [-0.05, 0) is 30.9 Å². The number of carbonyl (C=O) groups is 2. The van der Waals surface area contributed by atoms with Crippen LogP contribution in [0, 0.1) is 5.92 Å². The van der Waals surface area contributed by atoms with Gasteiger partial charge in [-0.15, -0.1) is 0 Å². The number of nitrogens with one attached hydrogen (secondary N) is 2. The normalized spacial score (nSPS) is 14.1. The number of hydrogen-bond acceptors (Lipinski definition) is 4.